The maximum absolute atomic E-state index is 13.1. The molecule has 3 aromatic rings. The predicted molar refractivity (Wildman–Crippen MR) is 127 cm³/mol. The zero-order chi connectivity index (χ0) is 27.4. The van der Waals surface area contributed by atoms with Gasteiger partial charge in [0.1, 0.15) is 22.1 Å². The van der Waals surface area contributed by atoms with Gasteiger partial charge >= 0.3 is 22.3 Å². The molecule has 1 aromatic heterocycles. The minimum Gasteiger partial charge on any atom is -0.496 e. The Bertz CT molecular complexity index is 1340. The number of halogens is 3. The van der Waals surface area contributed by atoms with Gasteiger partial charge in [0.25, 0.3) is 0 Å². The van der Waals surface area contributed by atoms with E-state index in [9.17, 15) is 21.6 Å². The molecule has 0 spiro atoms. The third-order valence-electron chi connectivity index (χ3n) is 5.28. The molecule has 0 aliphatic carbocycles. The second kappa shape index (κ2) is 11.2. The Morgan fingerprint density at radius 3 is 2.24 bits per heavy atom. The van der Waals surface area contributed by atoms with Crippen molar-refractivity contribution in [3.05, 3.63) is 42.7 Å². The summed E-state index contributed by atoms with van der Waals surface area (Å²) in [6, 6.07) is 9.82. The molecule has 0 amide bonds. The summed E-state index contributed by atoms with van der Waals surface area (Å²) in [6.07, 6.45) is -3.52. The number of carbonyl (C=O) groups is 1. The minimum absolute atomic E-state index is 0.0550. The van der Waals surface area contributed by atoms with Crippen molar-refractivity contribution in [3.63, 3.8) is 0 Å². The van der Waals surface area contributed by atoms with Gasteiger partial charge < -0.3 is 33.4 Å². The molecule has 37 heavy (non-hydrogen) atoms. The average Bonchev–Trinajstić information content (AvgIpc) is 3.31. The lowest BCUT2D eigenvalue weighted by molar-refractivity contribution is -0.192. The van der Waals surface area contributed by atoms with E-state index in [1.165, 1.54) is 26.4 Å². The van der Waals surface area contributed by atoms with Crippen LogP contribution in [-0.2, 0) is 14.9 Å². The lowest BCUT2D eigenvalue weighted by atomic mass is 10.1. The number of aliphatic carboxylic acids is 1. The van der Waals surface area contributed by atoms with E-state index in [1.807, 2.05) is 0 Å². The topological polar surface area (TPSA) is 128 Å². The monoisotopic (exact) mass is 546 g/mol. The van der Waals surface area contributed by atoms with Crippen LogP contribution >= 0.6 is 0 Å². The van der Waals surface area contributed by atoms with Crippen LogP contribution in [0.25, 0.3) is 11.0 Å². The van der Waals surface area contributed by atoms with E-state index in [0.29, 0.717) is 22.5 Å². The highest BCUT2D eigenvalue weighted by atomic mass is 32.2. The molecule has 4 rings (SSSR count). The van der Waals surface area contributed by atoms with E-state index in [2.05, 4.69) is 17.1 Å². The summed E-state index contributed by atoms with van der Waals surface area (Å²) in [5.74, 6) is -1.79. The highest BCUT2D eigenvalue weighted by Gasteiger charge is 2.38. The highest BCUT2D eigenvalue weighted by molar-refractivity contribution is 7.87. The molecule has 2 heterocycles. The van der Waals surface area contributed by atoms with Crippen LogP contribution in [0.4, 0.5) is 18.9 Å². The van der Waals surface area contributed by atoms with Crippen molar-refractivity contribution < 1.29 is 49.6 Å². The highest BCUT2D eigenvalue weighted by Crippen LogP contribution is 2.34. The van der Waals surface area contributed by atoms with Gasteiger partial charge in [-0.1, -0.05) is 0 Å². The van der Waals surface area contributed by atoms with Gasteiger partial charge in [-0.2, -0.15) is 21.6 Å². The van der Waals surface area contributed by atoms with E-state index in [-0.39, 0.29) is 16.7 Å². The molecule has 1 aliphatic heterocycles. The van der Waals surface area contributed by atoms with Crippen LogP contribution in [0.3, 0.4) is 0 Å². The number of ether oxygens (including phenoxy) is 2. The fourth-order valence-electron chi connectivity index (χ4n) is 3.57. The van der Waals surface area contributed by atoms with Gasteiger partial charge in [-0.15, -0.1) is 0 Å². The largest absolute Gasteiger partial charge is 0.496 e. The zero-order valence-electron chi connectivity index (χ0n) is 20.0. The number of nitrogens with zero attached hydrogens (tertiary/aromatic N) is 1. The summed E-state index contributed by atoms with van der Waals surface area (Å²) < 4.78 is 79.4. The van der Waals surface area contributed by atoms with Crippen molar-refractivity contribution in [2.75, 3.05) is 38.8 Å². The Morgan fingerprint density at radius 2 is 1.70 bits per heavy atom. The molecule has 14 heteroatoms. The van der Waals surface area contributed by atoms with Gasteiger partial charge in [0.05, 0.1) is 26.2 Å². The Labute approximate surface area is 210 Å². The fraction of sp³-hybridized carbons (Fsp3) is 0.348. The SMILES string of the molecule is COc1cc(OC)cc(OS(=O)(=O)c2cc(N3CCN[C@@H](C)C3)c3occc3c2)c1.O=C(O)C(F)(F)F. The van der Waals surface area contributed by atoms with E-state index in [4.69, 9.17) is 28.0 Å². The van der Waals surface area contributed by atoms with Crippen molar-refractivity contribution in [1.29, 1.82) is 0 Å². The Morgan fingerprint density at radius 1 is 1.11 bits per heavy atom. The molecule has 1 saturated heterocycles. The number of anilines is 1. The number of hydrogen-bond donors (Lipinski definition) is 2. The average molecular weight is 547 g/mol. The quantitative estimate of drug-likeness (QED) is 0.442. The van der Waals surface area contributed by atoms with Crippen LogP contribution in [0.15, 0.2) is 52.0 Å². The second-order valence-electron chi connectivity index (χ2n) is 7.97. The van der Waals surface area contributed by atoms with Gasteiger partial charge in [-0.3, -0.25) is 0 Å². The Balaban J connectivity index is 0.000000479. The summed E-state index contributed by atoms with van der Waals surface area (Å²) in [4.78, 5) is 11.1. The molecule has 0 bridgehead atoms. The number of hydrogen-bond acceptors (Lipinski definition) is 9. The van der Waals surface area contributed by atoms with E-state index in [0.717, 1.165) is 25.3 Å². The normalized spacial score (nSPS) is 16.1. The molecule has 10 nitrogen and oxygen atoms in total. The summed E-state index contributed by atoms with van der Waals surface area (Å²) in [5, 5.41) is 11.2. The van der Waals surface area contributed by atoms with Crippen molar-refractivity contribution >= 4 is 32.7 Å². The van der Waals surface area contributed by atoms with Crippen molar-refractivity contribution in [3.8, 4) is 17.2 Å². The number of carboxylic acids is 1. The van der Waals surface area contributed by atoms with Crippen LogP contribution in [-0.4, -0.2) is 65.6 Å². The molecule has 1 atom stereocenters. The molecule has 1 fully saturated rings. The molecule has 202 valence electrons. The first-order chi connectivity index (χ1) is 17.3. The van der Waals surface area contributed by atoms with Crippen molar-refractivity contribution in [1.82, 2.24) is 5.32 Å². The van der Waals surface area contributed by atoms with Gasteiger partial charge in [-0.05, 0) is 25.1 Å². The summed E-state index contributed by atoms with van der Waals surface area (Å²) in [5.41, 5.74) is 1.39. The van der Waals surface area contributed by atoms with Gasteiger partial charge in [0.2, 0.25) is 0 Å². The third-order valence-corrected chi connectivity index (χ3v) is 6.50. The number of furan rings is 1. The third kappa shape index (κ3) is 6.98. The smallest absolute Gasteiger partial charge is 0.490 e. The summed E-state index contributed by atoms with van der Waals surface area (Å²) >= 11 is 0. The fourth-order valence-corrected chi connectivity index (χ4v) is 4.54. The van der Waals surface area contributed by atoms with Crippen molar-refractivity contribution in [2.24, 2.45) is 0 Å². The number of rotatable bonds is 6. The van der Waals surface area contributed by atoms with Crippen LogP contribution in [0.5, 0.6) is 17.2 Å². The number of piperazine rings is 1. The number of carboxylic acid groups (broad SMARTS) is 1. The first-order valence-corrected chi connectivity index (χ1v) is 12.2. The van der Waals surface area contributed by atoms with Crippen molar-refractivity contribution in [2.45, 2.75) is 24.0 Å². The molecule has 0 unspecified atom stereocenters. The predicted octanol–water partition coefficient (Wildman–Crippen LogP) is 3.65. The molecule has 1 aliphatic rings. The van der Waals surface area contributed by atoms with Gasteiger partial charge in [0.15, 0.2) is 5.58 Å². The van der Waals surface area contributed by atoms with Crippen LogP contribution in [0, 0.1) is 0 Å². The standard InChI is InChI=1S/C21H24N2O6S.C2HF3O2/c1-14-13-23(6-5-22-14)20-12-19(8-15-4-7-28-21(15)20)30(24,25)29-18-10-16(26-2)9-17(11-18)27-3;3-2(4,5)1(6)7/h4,7-12,14,22H,5-6,13H2,1-3H3;(H,6,7)/t14-;/m0./s1. The summed E-state index contributed by atoms with van der Waals surface area (Å²) in [6.45, 7) is 4.39. The molecule has 0 saturated carbocycles. The Kier molecular flexibility index (Phi) is 8.43. The van der Waals surface area contributed by atoms with Crippen LogP contribution in [0.1, 0.15) is 6.92 Å². The molecular formula is C23H25F3N2O8S. The van der Waals surface area contributed by atoms with Gasteiger partial charge in [0, 0.05) is 49.3 Å². The van der Waals surface area contributed by atoms with E-state index in [1.54, 1.807) is 30.5 Å². The number of benzene rings is 2. The second-order valence-corrected chi connectivity index (χ2v) is 9.52. The number of nitrogens with one attached hydrogen (secondary N) is 1. The van der Waals surface area contributed by atoms with Gasteiger partial charge in [-0.25, -0.2) is 4.79 Å². The zero-order valence-corrected chi connectivity index (χ0v) is 20.9. The number of fused-ring (bicyclic) bond motifs is 1. The summed E-state index contributed by atoms with van der Waals surface area (Å²) in [7, 11) is -1.13. The number of methoxy groups -OCH3 is 2. The Hall–Kier alpha value is -3.65. The maximum Gasteiger partial charge on any atom is 0.490 e. The van der Waals surface area contributed by atoms with E-state index >= 15 is 0 Å². The number of alkyl halides is 3. The first kappa shape index (κ1) is 27.9. The van der Waals surface area contributed by atoms with Crippen LogP contribution in [0.2, 0.25) is 0 Å². The van der Waals surface area contributed by atoms with Crippen LogP contribution < -0.4 is 23.9 Å². The maximum atomic E-state index is 13.1. The lowest BCUT2D eigenvalue weighted by Gasteiger charge is -2.33. The molecular weight excluding hydrogens is 521 g/mol. The molecule has 2 aromatic carbocycles. The van der Waals surface area contributed by atoms with E-state index < -0.39 is 22.3 Å². The minimum atomic E-state index is -5.08. The first-order valence-electron chi connectivity index (χ1n) is 10.8. The lowest BCUT2D eigenvalue weighted by Crippen LogP contribution is -2.49. The molecule has 2 N–H and O–H groups in total. The molecule has 0 radical (unpaired) electrons.